The molecule has 0 bridgehead atoms. The Balaban J connectivity index is 1.91. The second-order valence-corrected chi connectivity index (χ2v) is 5.95. The minimum atomic E-state index is 0.334. The first-order valence-electron chi connectivity index (χ1n) is 6.93. The quantitative estimate of drug-likeness (QED) is 0.735. The van der Waals surface area contributed by atoms with Crippen molar-refractivity contribution in [2.75, 3.05) is 13.2 Å². The molecular formula is C17H20INO. The van der Waals surface area contributed by atoms with Gasteiger partial charge in [0.05, 0.1) is 0 Å². The van der Waals surface area contributed by atoms with Gasteiger partial charge in [0.25, 0.3) is 0 Å². The summed E-state index contributed by atoms with van der Waals surface area (Å²) >= 11 is 2.33. The molecule has 2 nitrogen and oxygen atoms in total. The molecule has 0 aliphatic rings. The van der Waals surface area contributed by atoms with E-state index in [1.54, 1.807) is 0 Å². The average Bonchev–Trinajstić information content (AvgIpc) is 2.48. The first-order chi connectivity index (χ1) is 9.78. The Morgan fingerprint density at radius 1 is 1.05 bits per heavy atom. The van der Waals surface area contributed by atoms with Crippen molar-refractivity contribution in [3.8, 4) is 5.75 Å². The van der Waals surface area contributed by atoms with Gasteiger partial charge in [-0.05, 0) is 65.4 Å². The predicted molar refractivity (Wildman–Crippen MR) is 92.3 cm³/mol. The van der Waals surface area contributed by atoms with Crippen LogP contribution in [0.4, 0.5) is 0 Å². The highest BCUT2D eigenvalue weighted by molar-refractivity contribution is 14.1. The molecule has 0 aliphatic heterocycles. The topological polar surface area (TPSA) is 21.3 Å². The minimum Gasteiger partial charge on any atom is -0.492 e. The normalized spacial score (nSPS) is 12.1. The van der Waals surface area contributed by atoms with Gasteiger partial charge in [-0.1, -0.05) is 37.3 Å². The van der Waals surface area contributed by atoms with Gasteiger partial charge in [0.1, 0.15) is 12.4 Å². The Bertz CT molecular complexity index is 498. The largest absolute Gasteiger partial charge is 0.492 e. The molecule has 20 heavy (non-hydrogen) atoms. The summed E-state index contributed by atoms with van der Waals surface area (Å²) < 4.78 is 7.12. The zero-order valence-corrected chi connectivity index (χ0v) is 13.8. The maximum absolute atomic E-state index is 5.85. The molecule has 0 aromatic heterocycles. The van der Waals surface area contributed by atoms with Crippen LogP contribution >= 0.6 is 22.6 Å². The third-order valence-electron chi connectivity index (χ3n) is 3.08. The van der Waals surface area contributed by atoms with Crippen LogP contribution in [-0.2, 0) is 6.42 Å². The summed E-state index contributed by atoms with van der Waals surface area (Å²) in [7, 11) is 0. The van der Waals surface area contributed by atoms with Crippen molar-refractivity contribution < 1.29 is 4.74 Å². The van der Waals surface area contributed by atoms with E-state index in [1.165, 1.54) is 9.13 Å². The lowest BCUT2D eigenvalue weighted by atomic mass is 10.1. The van der Waals surface area contributed by atoms with E-state index in [9.17, 15) is 0 Å². The summed E-state index contributed by atoms with van der Waals surface area (Å²) in [5.74, 6) is 0.929. The van der Waals surface area contributed by atoms with Crippen molar-refractivity contribution in [2.45, 2.75) is 19.4 Å². The monoisotopic (exact) mass is 381 g/mol. The molecular weight excluding hydrogens is 361 g/mol. The molecule has 2 aromatic carbocycles. The number of nitrogens with one attached hydrogen (secondary N) is 1. The van der Waals surface area contributed by atoms with Crippen molar-refractivity contribution in [1.29, 1.82) is 0 Å². The highest BCUT2D eigenvalue weighted by Gasteiger charge is 2.09. The van der Waals surface area contributed by atoms with E-state index in [1.807, 2.05) is 30.3 Å². The fourth-order valence-electron chi connectivity index (χ4n) is 2.10. The molecule has 0 heterocycles. The zero-order chi connectivity index (χ0) is 14.2. The van der Waals surface area contributed by atoms with Gasteiger partial charge in [-0.15, -0.1) is 0 Å². The van der Waals surface area contributed by atoms with Crippen molar-refractivity contribution in [3.05, 3.63) is 63.7 Å². The molecule has 106 valence electrons. The van der Waals surface area contributed by atoms with Crippen LogP contribution < -0.4 is 10.1 Å². The molecule has 0 amide bonds. The van der Waals surface area contributed by atoms with E-state index in [0.29, 0.717) is 12.6 Å². The van der Waals surface area contributed by atoms with Gasteiger partial charge < -0.3 is 10.1 Å². The van der Waals surface area contributed by atoms with Crippen LogP contribution in [0.25, 0.3) is 0 Å². The number of likely N-dealkylation sites (N-methyl/N-ethyl adjacent to an activating group) is 1. The van der Waals surface area contributed by atoms with Crippen molar-refractivity contribution in [1.82, 2.24) is 5.32 Å². The fraction of sp³-hybridized carbons (Fsp3) is 0.294. The van der Waals surface area contributed by atoms with Crippen LogP contribution in [0.2, 0.25) is 0 Å². The second kappa shape index (κ2) is 8.27. The smallest absolute Gasteiger partial charge is 0.119 e. The van der Waals surface area contributed by atoms with E-state index < -0.39 is 0 Å². The minimum absolute atomic E-state index is 0.334. The third kappa shape index (κ3) is 5.13. The van der Waals surface area contributed by atoms with Gasteiger partial charge in [0.15, 0.2) is 0 Å². The number of para-hydroxylation sites is 1. The first kappa shape index (κ1) is 15.3. The van der Waals surface area contributed by atoms with Crippen molar-refractivity contribution in [2.24, 2.45) is 0 Å². The molecule has 1 unspecified atom stereocenters. The number of ether oxygens (including phenoxy) is 1. The molecule has 0 spiro atoms. The van der Waals surface area contributed by atoms with E-state index in [2.05, 4.69) is 59.1 Å². The summed E-state index contributed by atoms with van der Waals surface area (Å²) in [5.41, 5.74) is 1.34. The summed E-state index contributed by atoms with van der Waals surface area (Å²) in [6.07, 6.45) is 0.984. The van der Waals surface area contributed by atoms with Gasteiger partial charge in [-0.3, -0.25) is 0 Å². The van der Waals surface area contributed by atoms with Crippen molar-refractivity contribution in [3.63, 3.8) is 0 Å². The fourth-order valence-corrected chi connectivity index (χ4v) is 2.46. The highest BCUT2D eigenvalue weighted by Crippen LogP contribution is 2.12. The Kier molecular flexibility index (Phi) is 6.33. The summed E-state index contributed by atoms with van der Waals surface area (Å²) in [6, 6.07) is 19.0. The molecule has 0 aliphatic carbocycles. The third-order valence-corrected chi connectivity index (χ3v) is 3.80. The number of hydrogen-bond donors (Lipinski definition) is 1. The van der Waals surface area contributed by atoms with E-state index in [0.717, 1.165) is 18.7 Å². The Labute approximate surface area is 134 Å². The maximum Gasteiger partial charge on any atom is 0.119 e. The number of rotatable bonds is 7. The Morgan fingerprint density at radius 2 is 1.75 bits per heavy atom. The number of hydrogen-bond acceptors (Lipinski definition) is 2. The highest BCUT2D eigenvalue weighted by atomic mass is 127. The molecule has 3 heteroatoms. The number of benzene rings is 2. The van der Waals surface area contributed by atoms with Gasteiger partial charge in [0.2, 0.25) is 0 Å². The Hall–Kier alpha value is -1.07. The molecule has 0 fully saturated rings. The molecule has 0 saturated carbocycles. The molecule has 0 radical (unpaired) electrons. The molecule has 1 N–H and O–H groups in total. The lowest BCUT2D eigenvalue weighted by Crippen LogP contribution is -2.36. The van der Waals surface area contributed by atoms with Gasteiger partial charge >= 0.3 is 0 Å². The SMILES string of the molecule is CCNC(COc1ccccc1)Cc1ccc(I)cc1. The summed E-state index contributed by atoms with van der Waals surface area (Å²) in [5, 5.41) is 3.49. The molecule has 0 saturated heterocycles. The van der Waals surface area contributed by atoms with Gasteiger partial charge in [0, 0.05) is 9.61 Å². The van der Waals surface area contributed by atoms with Crippen LogP contribution in [0.3, 0.4) is 0 Å². The van der Waals surface area contributed by atoms with E-state index in [4.69, 9.17) is 4.74 Å². The average molecular weight is 381 g/mol. The van der Waals surface area contributed by atoms with Crippen LogP contribution in [0, 0.1) is 3.57 Å². The number of halogens is 1. The van der Waals surface area contributed by atoms with Crippen molar-refractivity contribution >= 4 is 22.6 Å². The molecule has 1 atom stereocenters. The predicted octanol–water partition coefficient (Wildman–Crippen LogP) is 3.89. The van der Waals surface area contributed by atoms with Crippen LogP contribution in [-0.4, -0.2) is 19.2 Å². The summed E-state index contributed by atoms with van der Waals surface area (Å²) in [4.78, 5) is 0. The molecule has 2 rings (SSSR count). The van der Waals surface area contributed by atoms with Gasteiger partial charge in [-0.25, -0.2) is 0 Å². The van der Waals surface area contributed by atoms with Gasteiger partial charge in [-0.2, -0.15) is 0 Å². The summed E-state index contributed by atoms with van der Waals surface area (Å²) in [6.45, 7) is 3.76. The van der Waals surface area contributed by atoms with Crippen LogP contribution in [0.5, 0.6) is 5.75 Å². The maximum atomic E-state index is 5.85. The lowest BCUT2D eigenvalue weighted by Gasteiger charge is -2.18. The van der Waals surface area contributed by atoms with E-state index >= 15 is 0 Å². The second-order valence-electron chi connectivity index (χ2n) is 4.71. The standard InChI is InChI=1S/C17H20INO/c1-2-19-16(12-14-8-10-15(18)11-9-14)13-20-17-6-4-3-5-7-17/h3-11,16,19H,2,12-13H2,1H3. The molecule has 2 aromatic rings. The lowest BCUT2D eigenvalue weighted by molar-refractivity contribution is 0.265. The Morgan fingerprint density at radius 3 is 2.40 bits per heavy atom. The van der Waals surface area contributed by atoms with E-state index in [-0.39, 0.29) is 0 Å². The van der Waals surface area contributed by atoms with Crippen LogP contribution in [0.1, 0.15) is 12.5 Å². The van der Waals surface area contributed by atoms with Crippen LogP contribution in [0.15, 0.2) is 54.6 Å². The first-order valence-corrected chi connectivity index (χ1v) is 8.01. The zero-order valence-electron chi connectivity index (χ0n) is 11.7.